The quantitative estimate of drug-likeness (QED) is 0.792. The minimum Gasteiger partial charge on any atom is -0.313 e. The standard InChI is InChI=1S/C14H17BrN2O2S2/c1-3-16-8-11-6-14(20-9-11)21(18,19)17-12-5-4-10(2)13(15)7-12/h4-7,9,16-17H,3,8H2,1-2H3. The molecular weight excluding hydrogens is 372 g/mol. The molecule has 1 heterocycles. The molecule has 0 spiro atoms. The molecular formula is C14H17BrN2O2S2. The predicted molar refractivity (Wildman–Crippen MR) is 91.4 cm³/mol. The largest absolute Gasteiger partial charge is 0.313 e. The van der Waals surface area contributed by atoms with E-state index in [2.05, 4.69) is 26.0 Å². The van der Waals surface area contributed by atoms with Gasteiger partial charge in [-0.1, -0.05) is 28.9 Å². The lowest BCUT2D eigenvalue weighted by atomic mass is 10.2. The Kier molecular flexibility index (Phi) is 5.43. The average molecular weight is 389 g/mol. The first kappa shape index (κ1) is 16.5. The van der Waals surface area contributed by atoms with Crippen molar-refractivity contribution in [2.45, 2.75) is 24.6 Å². The van der Waals surface area contributed by atoms with Crippen molar-refractivity contribution in [3.63, 3.8) is 0 Å². The van der Waals surface area contributed by atoms with Gasteiger partial charge < -0.3 is 5.32 Å². The molecule has 4 nitrogen and oxygen atoms in total. The van der Waals surface area contributed by atoms with Crippen molar-refractivity contribution in [3.05, 3.63) is 45.2 Å². The topological polar surface area (TPSA) is 58.2 Å². The van der Waals surface area contributed by atoms with Crippen molar-refractivity contribution in [2.75, 3.05) is 11.3 Å². The van der Waals surface area contributed by atoms with Crippen LogP contribution in [0.1, 0.15) is 18.1 Å². The van der Waals surface area contributed by atoms with Crippen molar-refractivity contribution < 1.29 is 8.42 Å². The highest BCUT2D eigenvalue weighted by Crippen LogP contribution is 2.25. The van der Waals surface area contributed by atoms with Gasteiger partial charge in [0.15, 0.2) is 0 Å². The maximum absolute atomic E-state index is 12.3. The summed E-state index contributed by atoms with van der Waals surface area (Å²) in [6, 6.07) is 7.09. The number of sulfonamides is 1. The Labute approximate surface area is 137 Å². The molecule has 0 unspecified atom stereocenters. The first-order valence-electron chi connectivity index (χ1n) is 6.49. The molecule has 2 rings (SSSR count). The van der Waals surface area contributed by atoms with Gasteiger partial charge in [0.2, 0.25) is 0 Å². The van der Waals surface area contributed by atoms with Gasteiger partial charge in [0.25, 0.3) is 10.0 Å². The Bertz CT molecular complexity index is 726. The Balaban J connectivity index is 2.17. The number of rotatable bonds is 6. The van der Waals surface area contributed by atoms with Crippen LogP contribution in [0, 0.1) is 6.92 Å². The normalized spacial score (nSPS) is 11.6. The van der Waals surface area contributed by atoms with Gasteiger partial charge in [0.1, 0.15) is 4.21 Å². The summed E-state index contributed by atoms with van der Waals surface area (Å²) in [5, 5.41) is 5.04. The average Bonchev–Trinajstić information content (AvgIpc) is 2.90. The van der Waals surface area contributed by atoms with Crippen LogP contribution >= 0.6 is 27.3 Å². The van der Waals surface area contributed by atoms with Crippen LogP contribution in [-0.2, 0) is 16.6 Å². The number of anilines is 1. The van der Waals surface area contributed by atoms with Crippen LogP contribution in [0.2, 0.25) is 0 Å². The Morgan fingerprint density at radius 2 is 2.05 bits per heavy atom. The summed E-state index contributed by atoms with van der Waals surface area (Å²) in [6.07, 6.45) is 0. The number of benzene rings is 1. The summed E-state index contributed by atoms with van der Waals surface area (Å²) in [5.41, 5.74) is 2.59. The lowest BCUT2D eigenvalue weighted by Crippen LogP contribution is -2.12. The number of aryl methyl sites for hydroxylation is 1. The second-order valence-corrected chi connectivity index (χ2v) is 8.30. The van der Waals surface area contributed by atoms with Crippen LogP contribution in [0.3, 0.4) is 0 Å². The summed E-state index contributed by atoms with van der Waals surface area (Å²) in [7, 11) is -3.53. The monoisotopic (exact) mass is 388 g/mol. The molecule has 0 saturated heterocycles. The Morgan fingerprint density at radius 1 is 1.29 bits per heavy atom. The van der Waals surface area contributed by atoms with E-state index in [0.29, 0.717) is 16.4 Å². The fraction of sp³-hybridized carbons (Fsp3) is 0.286. The van der Waals surface area contributed by atoms with Gasteiger partial charge in [-0.05, 0) is 48.2 Å². The molecule has 1 aromatic carbocycles. The molecule has 21 heavy (non-hydrogen) atoms. The third kappa shape index (κ3) is 4.29. The lowest BCUT2D eigenvalue weighted by Gasteiger charge is -2.07. The minimum absolute atomic E-state index is 0.326. The molecule has 0 saturated carbocycles. The van der Waals surface area contributed by atoms with Gasteiger partial charge in [-0.15, -0.1) is 11.3 Å². The van der Waals surface area contributed by atoms with E-state index in [1.54, 1.807) is 18.2 Å². The van der Waals surface area contributed by atoms with E-state index in [1.165, 1.54) is 11.3 Å². The number of thiophene rings is 1. The van der Waals surface area contributed by atoms with E-state index in [1.807, 2.05) is 25.3 Å². The maximum Gasteiger partial charge on any atom is 0.271 e. The van der Waals surface area contributed by atoms with Gasteiger partial charge in [0, 0.05) is 16.7 Å². The molecule has 114 valence electrons. The Morgan fingerprint density at radius 3 is 2.71 bits per heavy atom. The highest BCUT2D eigenvalue weighted by atomic mass is 79.9. The minimum atomic E-state index is -3.53. The first-order valence-corrected chi connectivity index (χ1v) is 9.65. The number of hydrogen-bond donors (Lipinski definition) is 2. The van der Waals surface area contributed by atoms with Gasteiger partial charge in [-0.25, -0.2) is 8.42 Å². The van der Waals surface area contributed by atoms with Crippen molar-refractivity contribution in [2.24, 2.45) is 0 Å². The number of halogens is 1. The van der Waals surface area contributed by atoms with Gasteiger partial charge in [0.05, 0.1) is 0 Å². The van der Waals surface area contributed by atoms with Crippen molar-refractivity contribution in [3.8, 4) is 0 Å². The molecule has 0 aliphatic heterocycles. The van der Waals surface area contributed by atoms with E-state index in [0.717, 1.165) is 22.1 Å². The predicted octanol–water partition coefficient (Wildman–Crippen LogP) is 3.73. The summed E-state index contributed by atoms with van der Waals surface area (Å²) >= 11 is 4.63. The van der Waals surface area contributed by atoms with E-state index >= 15 is 0 Å². The molecule has 2 N–H and O–H groups in total. The lowest BCUT2D eigenvalue weighted by molar-refractivity contribution is 0.603. The zero-order valence-electron chi connectivity index (χ0n) is 11.8. The van der Waals surface area contributed by atoms with Crippen LogP contribution in [0.4, 0.5) is 5.69 Å². The SMILES string of the molecule is CCNCc1csc(S(=O)(=O)Nc2ccc(C)c(Br)c2)c1. The highest BCUT2D eigenvalue weighted by Gasteiger charge is 2.17. The summed E-state index contributed by atoms with van der Waals surface area (Å²) in [5.74, 6) is 0. The maximum atomic E-state index is 12.3. The van der Waals surface area contributed by atoms with E-state index in [-0.39, 0.29) is 0 Å². The fourth-order valence-corrected chi connectivity index (χ4v) is 4.36. The van der Waals surface area contributed by atoms with Crippen LogP contribution in [0.15, 0.2) is 38.3 Å². The molecule has 0 fully saturated rings. The fourth-order valence-electron chi connectivity index (χ4n) is 1.72. The molecule has 0 aliphatic carbocycles. The molecule has 2 aromatic rings. The van der Waals surface area contributed by atoms with Crippen LogP contribution in [0.25, 0.3) is 0 Å². The molecule has 7 heteroatoms. The van der Waals surface area contributed by atoms with E-state index < -0.39 is 10.0 Å². The number of nitrogens with one attached hydrogen (secondary N) is 2. The summed E-state index contributed by atoms with van der Waals surface area (Å²) < 4.78 is 28.5. The zero-order chi connectivity index (χ0) is 15.5. The zero-order valence-corrected chi connectivity index (χ0v) is 15.0. The van der Waals surface area contributed by atoms with Gasteiger partial charge in [-0.3, -0.25) is 4.72 Å². The first-order chi connectivity index (χ1) is 9.92. The third-order valence-electron chi connectivity index (χ3n) is 2.90. The van der Waals surface area contributed by atoms with Gasteiger partial charge >= 0.3 is 0 Å². The Hall–Kier alpha value is -0.890. The van der Waals surface area contributed by atoms with Crippen molar-refractivity contribution in [1.29, 1.82) is 0 Å². The highest BCUT2D eigenvalue weighted by molar-refractivity contribution is 9.10. The molecule has 0 radical (unpaired) electrons. The van der Waals surface area contributed by atoms with Crippen LogP contribution < -0.4 is 10.0 Å². The smallest absolute Gasteiger partial charge is 0.271 e. The van der Waals surface area contributed by atoms with E-state index in [9.17, 15) is 8.42 Å². The summed E-state index contributed by atoms with van der Waals surface area (Å²) in [4.78, 5) is 0. The molecule has 0 amide bonds. The molecule has 0 bridgehead atoms. The summed E-state index contributed by atoms with van der Waals surface area (Å²) in [6.45, 7) is 5.50. The second-order valence-electron chi connectivity index (χ2n) is 4.62. The second kappa shape index (κ2) is 6.91. The van der Waals surface area contributed by atoms with E-state index in [4.69, 9.17) is 0 Å². The number of hydrogen-bond acceptors (Lipinski definition) is 4. The van der Waals surface area contributed by atoms with Crippen LogP contribution in [-0.4, -0.2) is 15.0 Å². The molecule has 0 aliphatic rings. The molecule has 1 aromatic heterocycles. The van der Waals surface area contributed by atoms with Crippen molar-refractivity contribution >= 4 is 43.0 Å². The van der Waals surface area contributed by atoms with Gasteiger partial charge in [-0.2, -0.15) is 0 Å². The third-order valence-corrected chi connectivity index (χ3v) is 6.62. The van der Waals surface area contributed by atoms with Crippen LogP contribution in [0.5, 0.6) is 0 Å². The molecule has 0 atom stereocenters. The van der Waals surface area contributed by atoms with Crippen molar-refractivity contribution in [1.82, 2.24) is 5.32 Å².